The summed E-state index contributed by atoms with van der Waals surface area (Å²) in [6.07, 6.45) is -0.385. The summed E-state index contributed by atoms with van der Waals surface area (Å²) in [6, 6.07) is 74.5. The standard InChI is InChI=1S/C56H37N3O2/c1-3-13-36(14-4-1)38-27-30-43(31-28-38)59(44-32-29-37-15-7-8-18-42(37)35-44)48-34-33-45(51-46-19-9-11-21-49(46)60-54(48)51)39-23-25-41(26-24-39)55-57-53(40-16-5-2-6-17-40)52-47-20-10-12-22-50(47)61-56(52)58-55/h1-35,52,56H. The van der Waals surface area contributed by atoms with E-state index in [0.29, 0.717) is 5.84 Å². The summed E-state index contributed by atoms with van der Waals surface area (Å²) in [4.78, 5) is 12.7. The molecule has 2 aliphatic heterocycles. The highest BCUT2D eigenvalue weighted by Crippen LogP contribution is 2.47. The molecule has 10 aromatic rings. The van der Waals surface area contributed by atoms with Crippen LogP contribution in [0.4, 0.5) is 17.1 Å². The number of hydrogen-bond acceptors (Lipinski definition) is 5. The molecule has 0 N–H and O–H groups in total. The molecule has 2 unspecified atom stereocenters. The third-order valence-electron chi connectivity index (χ3n) is 12.1. The fourth-order valence-electron chi connectivity index (χ4n) is 9.11. The molecule has 0 spiro atoms. The second-order valence-electron chi connectivity index (χ2n) is 15.6. The minimum absolute atomic E-state index is 0.0706. The molecule has 0 saturated heterocycles. The van der Waals surface area contributed by atoms with Gasteiger partial charge in [0.1, 0.15) is 11.3 Å². The van der Waals surface area contributed by atoms with Crippen LogP contribution in [0.1, 0.15) is 22.6 Å². The molecule has 0 radical (unpaired) electrons. The van der Waals surface area contributed by atoms with Crippen molar-refractivity contribution in [3.05, 3.63) is 229 Å². The van der Waals surface area contributed by atoms with E-state index in [9.17, 15) is 0 Å². The lowest BCUT2D eigenvalue weighted by Crippen LogP contribution is -2.30. The number of aliphatic imine (C=N–C) groups is 2. The van der Waals surface area contributed by atoms with Crippen LogP contribution in [-0.2, 0) is 0 Å². The van der Waals surface area contributed by atoms with Gasteiger partial charge in [0.2, 0.25) is 6.23 Å². The highest BCUT2D eigenvalue weighted by molar-refractivity contribution is 6.18. The van der Waals surface area contributed by atoms with Gasteiger partial charge in [0.15, 0.2) is 11.4 Å². The Morgan fingerprint density at radius 1 is 0.475 bits per heavy atom. The van der Waals surface area contributed by atoms with E-state index in [1.54, 1.807) is 0 Å². The molecule has 2 aliphatic rings. The van der Waals surface area contributed by atoms with Crippen molar-refractivity contribution in [1.82, 2.24) is 0 Å². The molecular formula is C56H37N3O2. The lowest BCUT2D eigenvalue weighted by molar-refractivity contribution is 0.234. The summed E-state index contributed by atoms with van der Waals surface area (Å²) in [7, 11) is 0. The number of nitrogens with zero attached hydrogens (tertiary/aromatic N) is 3. The molecule has 5 nitrogen and oxygen atoms in total. The molecule has 288 valence electrons. The SMILES string of the molecule is c1ccc(C2=NC(c3ccc(-c4ccc(N(c5ccc(-c6ccccc6)cc5)c5ccc6ccccc6c5)c5oc6ccccc6c45)cc3)=NC3Oc4ccccc4C23)cc1. The molecule has 0 fully saturated rings. The minimum Gasteiger partial charge on any atom is -0.467 e. The first-order valence-corrected chi connectivity index (χ1v) is 20.7. The number of rotatable bonds is 7. The third kappa shape index (κ3) is 6.01. The van der Waals surface area contributed by atoms with Crippen molar-refractivity contribution >= 4 is 61.3 Å². The van der Waals surface area contributed by atoms with Crippen LogP contribution >= 0.6 is 0 Å². The molecule has 9 aromatic carbocycles. The summed E-state index contributed by atoms with van der Waals surface area (Å²) in [5.74, 6) is 1.46. The Morgan fingerprint density at radius 3 is 1.93 bits per heavy atom. The molecule has 12 rings (SSSR count). The third-order valence-corrected chi connectivity index (χ3v) is 12.1. The normalized spacial score (nSPS) is 15.5. The van der Waals surface area contributed by atoms with Gasteiger partial charge in [0, 0.05) is 33.3 Å². The number of benzene rings is 9. The van der Waals surface area contributed by atoms with Gasteiger partial charge in [-0.1, -0.05) is 170 Å². The summed E-state index contributed by atoms with van der Waals surface area (Å²) >= 11 is 0. The van der Waals surface area contributed by atoms with Crippen molar-refractivity contribution in [3.63, 3.8) is 0 Å². The van der Waals surface area contributed by atoms with E-state index < -0.39 is 0 Å². The lowest BCUT2D eigenvalue weighted by atomic mass is 9.88. The fraction of sp³-hybridized carbons (Fsp3) is 0.0357. The predicted molar refractivity (Wildman–Crippen MR) is 250 cm³/mol. The zero-order chi connectivity index (χ0) is 40.3. The van der Waals surface area contributed by atoms with E-state index in [2.05, 4.69) is 193 Å². The molecule has 61 heavy (non-hydrogen) atoms. The molecule has 0 amide bonds. The van der Waals surface area contributed by atoms with E-state index in [0.717, 1.165) is 83.8 Å². The number of furan rings is 1. The van der Waals surface area contributed by atoms with Crippen molar-refractivity contribution in [1.29, 1.82) is 0 Å². The van der Waals surface area contributed by atoms with Crippen LogP contribution in [0.5, 0.6) is 5.75 Å². The average Bonchev–Trinajstić information content (AvgIpc) is 3.92. The highest BCUT2D eigenvalue weighted by Gasteiger charge is 2.41. The van der Waals surface area contributed by atoms with Crippen molar-refractivity contribution in [2.24, 2.45) is 9.98 Å². The first-order chi connectivity index (χ1) is 30.2. The summed E-state index contributed by atoms with van der Waals surface area (Å²) in [6.45, 7) is 0. The van der Waals surface area contributed by atoms with Crippen molar-refractivity contribution in [2.45, 2.75) is 12.1 Å². The van der Waals surface area contributed by atoms with Crippen molar-refractivity contribution in [3.8, 4) is 28.0 Å². The molecule has 0 saturated carbocycles. The predicted octanol–water partition coefficient (Wildman–Crippen LogP) is 14.3. The average molecular weight is 784 g/mol. The quantitative estimate of drug-likeness (QED) is 0.162. The molecular weight excluding hydrogens is 747 g/mol. The first-order valence-electron chi connectivity index (χ1n) is 20.7. The van der Waals surface area contributed by atoms with Crippen LogP contribution in [0, 0.1) is 0 Å². The van der Waals surface area contributed by atoms with Gasteiger partial charge in [-0.15, -0.1) is 0 Å². The van der Waals surface area contributed by atoms with Crippen molar-refractivity contribution < 1.29 is 9.15 Å². The largest absolute Gasteiger partial charge is 0.467 e. The van der Waals surface area contributed by atoms with Crippen LogP contribution < -0.4 is 9.64 Å². The van der Waals surface area contributed by atoms with Gasteiger partial charge in [0.25, 0.3) is 0 Å². The second kappa shape index (κ2) is 14.4. The molecule has 5 heteroatoms. The smallest absolute Gasteiger partial charge is 0.204 e. The topological polar surface area (TPSA) is 50.3 Å². The lowest BCUT2D eigenvalue weighted by Gasteiger charge is -2.26. The van der Waals surface area contributed by atoms with Gasteiger partial charge in [0.05, 0.1) is 17.3 Å². The van der Waals surface area contributed by atoms with Crippen LogP contribution in [0.25, 0.3) is 55.0 Å². The molecule has 3 heterocycles. The zero-order valence-corrected chi connectivity index (χ0v) is 33.0. The second-order valence-corrected chi connectivity index (χ2v) is 15.6. The van der Waals surface area contributed by atoms with Crippen molar-refractivity contribution in [2.75, 3.05) is 4.90 Å². The number of amidine groups is 1. The highest BCUT2D eigenvalue weighted by atomic mass is 16.5. The van der Waals surface area contributed by atoms with Gasteiger partial charge in [-0.25, -0.2) is 9.98 Å². The maximum Gasteiger partial charge on any atom is 0.204 e. The van der Waals surface area contributed by atoms with E-state index >= 15 is 0 Å². The Morgan fingerprint density at radius 2 is 1.11 bits per heavy atom. The van der Waals surface area contributed by atoms with E-state index in [4.69, 9.17) is 19.1 Å². The number of para-hydroxylation sites is 2. The van der Waals surface area contributed by atoms with Gasteiger partial charge >= 0.3 is 0 Å². The monoisotopic (exact) mass is 783 g/mol. The van der Waals surface area contributed by atoms with E-state index in [1.165, 1.54) is 16.3 Å². The maximum atomic E-state index is 6.90. The Hall–Kier alpha value is -8.02. The number of hydrogen-bond donors (Lipinski definition) is 0. The fourth-order valence-corrected chi connectivity index (χ4v) is 9.11. The van der Waals surface area contributed by atoms with Gasteiger partial charge < -0.3 is 14.1 Å². The number of fused-ring (bicyclic) bond motifs is 7. The Bertz CT molecular complexity index is 3330. The molecule has 2 atom stereocenters. The van der Waals surface area contributed by atoms with Gasteiger partial charge in [-0.05, 0) is 81.1 Å². The summed E-state index contributed by atoms with van der Waals surface area (Å²) < 4.78 is 13.3. The van der Waals surface area contributed by atoms with E-state index in [1.807, 2.05) is 24.3 Å². The maximum absolute atomic E-state index is 6.90. The Kier molecular flexibility index (Phi) is 8.23. The van der Waals surface area contributed by atoms with Crippen LogP contribution in [0.3, 0.4) is 0 Å². The summed E-state index contributed by atoms with van der Waals surface area (Å²) in [5, 5.41) is 4.49. The first kappa shape index (κ1) is 35.0. The number of ether oxygens (including phenoxy) is 1. The van der Waals surface area contributed by atoms with Crippen LogP contribution in [-0.4, -0.2) is 17.8 Å². The molecule has 0 bridgehead atoms. The molecule has 1 aromatic heterocycles. The Balaban J connectivity index is 0.978. The van der Waals surface area contributed by atoms with Crippen LogP contribution in [0.2, 0.25) is 0 Å². The van der Waals surface area contributed by atoms with E-state index in [-0.39, 0.29) is 12.1 Å². The van der Waals surface area contributed by atoms with Crippen LogP contribution in [0.15, 0.2) is 227 Å². The zero-order valence-electron chi connectivity index (χ0n) is 33.0. The number of anilines is 3. The van der Waals surface area contributed by atoms with Gasteiger partial charge in [-0.2, -0.15) is 0 Å². The Labute approximate surface area is 353 Å². The minimum atomic E-state index is -0.385. The summed E-state index contributed by atoms with van der Waals surface area (Å²) in [5.41, 5.74) is 13.3. The van der Waals surface area contributed by atoms with Gasteiger partial charge in [-0.3, -0.25) is 0 Å². The molecule has 0 aliphatic carbocycles.